The summed E-state index contributed by atoms with van der Waals surface area (Å²) in [7, 11) is 0. The first-order chi connectivity index (χ1) is 13.2. The standard InChI is InChI=1S/C21H21N3O3/c25-14-13-23(15-17-7-3-1-4-8-17)21(27)19-11-12-20(26)24(22-19)16-18-9-5-2-6-10-18/h1-12,25H,13-16H2. The molecule has 27 heavy (non-hydrogen) atoms. The fourth-order valence-corrected chi connectivity index (χ4v) is 2.77. The van der Waals surface area contributed by atoms with Gasteiger partial charge in [0.2, 0.25) is 0 Å². The van der Waals surface area contributed by atoms with E-state index in [4.69, 9.17) is 0 Å². The maximum atomic E-state index is 12.9. The maximum absolute atomic E-state index is 12.9. The van der Waals surface area contributed by atoms with Crippen LogP contribution in [0.25, 0.3) is 0 Å². The third-order valence-electron chi connectivity index (χ3n) is 4.13. The molecule has 1 amide bonds. The summed E-state index contributed by atoms with van der Waals surface area (Å²) in [5.41, 5.74) is 1.78. The third-order valence-corrected chi connectivity index (χ3v) is 4.13. The molecule has 0 unspecified atom stereocenters. The molecule has 138 valence electrons. The van der Waals surface area contributed by atoms with E-state index < -0.39 is 0 Å². The van der Waals surface area contributed by atoms with Gasteiger partial charge < -0.3 is 10.0 Å². The van der Waals surface area contributed by atoms with Crippen molar-refractivity contribution in [3.8, 4) is 0 Å². The number of aliphatic hydroxyl groups excluding tert-OH is 1. The van der Waals surface area contributed by atoms with Crippen LogP contribution in [0.2, 0.25) is 0 Å². The summed E-state index contributed by atoms with van der Waals surface area (Å²) in [6.07, 6.45) is 0. The van der Waals surface area contributed by atoms with Gasteiger partial charge in [0.05, 0.1) is 13.2 Å². The molecule has 3 aromatic rings. The number of carbonyl (C=O) groups excluding carboxylic acids is 1. The van der Waals surface area contributed by atoms with Gasteiger partial charge in [-0.1, -0.05) is 60.7 Å². The Morgan fingerprint density at radius 3 is 2.19 bits per heavy atom. The van der Waals surface area contributed by atoms with Crippen LogP contribution in [0, 0.1) is 0 Å². The van der Waals surface area contributed by atoms with Crippen LogP contribution >= 0.6 is 0 Å². The normalized spacial score (nSPS) is 10.6. The van der Waals surface area contributed by atoms with E-state index in [1.165, 1.54) is 21.7 Å². The number of amides is 1. The zero-order valence-electron chi connectivity index (χ0n) is 14.9. The molecule has 0 aliphatic heterocycles. The van der Waals surface area contributed by atoms with Crippen molar-refractivity contribution in [2.45, 2.75) is 13.1 Å². The minimum Gasteiger partial charge on any atom is -0.395 e. The lowest BCUT2D eigenvalue weighted by Crippen LogP contribution is -2.35. The van der Waals surface area contributed by atoms with Crippen molar-refractivity contribution >= 4 is 5.91 Å². The van der Waals surface area contributed by atoms with Crippen molar-refractivity contribution in [2.24, 2.45) is 0 Å². The average Bonchev–Trinajstić information content (AvgIpc) is 2.70. The highest BCUT2D eigenvalue weighted by atomic mass is 16.3. The lowest BCUT2D eigenvalue weighted by molar-refractivity contribution is 0.0699. The van der Waals surface area contributed by atoms with E-state index in [0.717, 1.165) is 11.1 Å². The van der Waals surface area contributed by atoms with E-state index in [0.29, 0.717) is 13.1 Å². The van der Waals surface area contributed by atoms with Crippen LogP contribution in [0.3, 0.4) is 0 Å². The molecule has 0 saturated carbocycles. The molecule has 0 fully saturated rings. The molecule has 0 atom stereocenters. The Hall–Kier alpha value is -3.25. The van der Waals surface area contributed by atoms with Gasteiger partial charge in [-0.15, -0.1) is 0 Å². The van der Waals surface area contributed by atoms with Crippen molar-refractivity contribution in [2.75, 3.05) is 13.2 Å². The lowest BCUT2D eigenvalue weighted by Gasteiger charge is -2.21. The second kappa shape index (κ2) is 8.91. The molecular weight excluding hydrogens is 342 g/mol. The third kappa shape index (κ3) is 4.89. The van der Waals surface area contributed by atoms with Crippen molar-refractivity contribution in [1.29, 1.82) is 0 Å². The highest BCUT2D eigenvalue weighted by Gasteiger charge is 2.18. The molecule has 6 heteroatoms. The minimum atomic E-state index is -0.324. The summed E-state index contributed by atoms with van der Waals surface area (Å²) >= 11 is 0. The molecule has 2 aromatic carbocycles. The van der Waals surface area contributed by atoms with Crippen molar-refractivity contribution in [3.05, 3.63) is 100.0 Å². The molecule has 0 spiro atoms. The molecule has 6 nitrogen and oxygen atoms in total. The van der Waals surface area contributed by atoms with Gasteiger partial charge in [-0.25, -0.2) is 4.68 Å². The van der Waals surface area contributed by atoms with E-state index in [1.54, 1.807) is 0 Å². The fourth-order valence-electron chi connectivity index (χ4n) is 2.77. The van der Waals surface area contributed by atoms with Gasteiger partial charge in [0.1, 0.15) is 5.69 Å². The Bertz CT molecular complexity index is 940. The molecular formula is C21H21N3O3. The van der Waals surface area contributed by atoms with Crippen LogP contribution in [0.5, 0.6) is 0 Å². The number of nitrogens with zero attached hydrogens (tertiary/aromatic N) is 3. The molecule has 1 N–H and O–H groups in total. The van der Waals surface area contributed by atoms with Crippen LogP contribution in [0.15, 0.2) is 77.6 Å². The SMILES string of the molecule is O=C(c1ccc(=O)n(Cc2ccccc2)n1)N(CCO)Cc1ccccc1. The molecule has 0 bridgehead atoms. The largest absolute Gasteiger partial charge is 0.395 e. The van der Waals surface area contributed by atoms with Crippen LogP contribution < -0.4 is 5.56 Å². The lowest BCUT2D eigenvalue weighted by atomic mass is 10.2. The number of carbonyl (C=O) groups is 1. The number of rotatable bonds is 7. The Labute approximate surface area is 157 Å². The number of benzene rings is 2. The van der Waals surface area contributed by atoms with Gasteiger partial charge in [0.25, 0.3) is 11.5 Å². The van der Waals surface area contributed by atoms with Gasteiger partial charge in [-0.05, 0) is 17.2 Å². The number of hydrogen-bond donors (Lipinski definition) is 1. The zero-order valence-corrected chi connectivity index (χ0v) is 14.9. The second-order valence-electron chi connectivity index (χ2n) is 6.14. The van der Waals surface area contributed by atoms with Gasteiger partial charge >= 0.3 is 0 Å². The predicted molar refractivity (Wildman–Crippen MR) is 102 cm³/mol. The summed E-state index contributed by atoms with van der Waals surface area (Å²) in [5, 5.41) is 13.6. The van der Waals surface area contributed by atoms with Gasteiger partial charge in [0.15, 0.2) is 0 Å². The summed E-state index contributed by atoms with van der Waals surface area (Å²) < 4.78 is 1.28. The maximum Gasteiger partial charge on any atom is 0.274 e. The summed E-state index contributed by atoms with van der Waals surface area (Å²) in [4.78, 5) is 26.5. The molecule has 1 aromatic heterocycles. The Morgan fingerprint density at radius 2 is 1.56 bits per heavy atom. The fraction of sp³-hybridized carbons (Fsp3) is 0.190. The van der Waals surface area contributed by atoms with E-state index in [1.807, 2.05) is 60.7 Å². The van der Waals surface area contributed by atoms with Gasteiger partial charge in [0, 0.05) is 19.2 Å². The molecule has 0 aliphatic rings. The summed E-state index contributed by atoms with van der Waals surface area (Å²) in [6.45, 7) is 0.689. The Kier molecular flexibility index (Phi) is 6.12. The topological polar surface area (TPSA) is 75.4 Å². The number of aromatic nitrogens is 2. The second-order valence-corrected chi connectivity index (χ2v) is 6.14. The molecule has 0 saturated heterocycles. The smallest absolute Gasteiger partial charge is 0.274 e. The molecule has 3 rings (SSSR count). The minimum absolute atomic E-state index is 0.151. The van der Waals surface area contributed by atoms with E-state index in [9.17, 15) is 14.7 Å². The van der Waals surface area contributed by atoms with Crippen molar-refractivity contribution < 1.29 is 9.90 Å². The predicted octanol–water partition coefficient (Wildman–Crippen LogP) is 1.93. The summed E-state index contributed by atoms with van der Waals surface area (Å²) in [5.74, 6) is -0.324. The Balaban J connectivity index is 1.83. The number of aliphatic hydroxyl groups is 1. The van der Waals surface area contributed by atoms with Crippen molar-refractivity contribution in [3.63, 3.8) is 0 Å². The first-order valence-corrected chi connectivity index (χ1v) is 8.73. The van der Waals surface area contributed by atoms with Crippen LogP contribution in [0.4, 0.5) is 0 Å². The van der Waals surface area contributed by atoms with Crippen LogP contribution in [-0.4, -0.2) is 38.8 Å². The monoisotopic (exact) mass is 363 g/mol. The van der Waals surface area contributed by atoms with E-state index >= 15 is 0 Å². The van der Waals surface area contributed by atoms with E-state index in [2.05, 4.69) is 5.10 Å². The highest BCUT2D eigenvalue weighted by molar-refractivity contribution is 5.92. The molecule has 0 radical (unpaired) electrons. The first kappa shape index (κ1) is 18.5. The first-order valence-electron chi connectivity index (χ1n) is 8.73. The van der Waals surface area contributed by atoms with Crippen LogP contribution in [-0.2, 0) is 13.1 Å². The molecule has 0 aliphatic carbocycles. The highest BCUT2D eigenvalue weighted by Crippen LogP contribution is 2.08. The van der Waals surface area contributed by atoms with Gasteiger partial charge in [-0.3, -0.25) is 9.59 Å². The zero-order chi connectivity index (χ0) is 19.1. The van der Waals surface area contributed by atoms with E-state index in [-0.39, 0.29) is 30.3 Å². The van der Waals surface area contributed by atoms with Crippen LogP contribution in [0.1, 0.15) is 21.6 Å². The quantitative estimate of drug-likeness (QED) is 0.696. The molecule has 1 heterocycles. The average molecular weight is 363 g/mol. The Morgan fingerprint density at radius 1 is 0.926 bits per heavy atom. The summed E-state index contributed by atoms with van der Waals surface area (Å²) in [6, 6.07) is 21.8. The number of hydrogen-bond acceptors (Lipinski definition) is 4. The van der Waals surface area contributed by atoms with Gasteiger partial charge in [-0.2, -0.15) is 5.10 Å². The van der Waals surface area contributed by atoms with Crippen molar-refractivity contribution in [1.82, 2.24) is 14.7 Å².